The first-order valence-electron chi connectivity index (χ1n) is 14.0. The number of anilines is 1. The molecule has 0 bridgehead atoms. The Bertz CT molecular complexity index is 1410. The predicted octanol–water partition coefficient (Wildman–Crippen LogP) is 5.85. The molecule has 2 aliphatic rings. The molecule has 1 atom stereocenters. The minimum absolute atomic E-state index is 0.117. The SMILES string of the molecule is CCN(C)CCN(C)c1ccc2c(c1)CC1=NC(c3ccc(CC(=O)Cc4cc(C(C)(C)C)on4)cc3)=CC12. The third-order valence-electron chi connectivity index (χ3n) is 7.91. The number of benzene rings is 2. The van der Waals surface area contributed by atoms with Crippen molar-refractivity contribution in [1.29, 1.82) is 0 Å². The molecule has 5 rings (SSSR count). The van der Waals surface area contributed by atoms with Crippen molar-refractivity contribution in [2.45, 2.75) is 58.3 Å². The van der Waals surface area contributed by atoms with E-state index in [9.17, 15) is 4.79 Å². The maximum Gasteiger partial charge on any atom is 0.143 e. The van der Waals surface area contributed by atoms with E-state index in [2.05, 4.69) is 93.2 Å². The van der Waals surface area contributed by atoms with Gasteiger partial charge in [0.1, 0.15) is 11.5 Å². The van der Waals surface area contributed by atoms with Crippen LogP contribution in [-0.4, -0.2) is 55.3 Å². The van der Waals surface area contributed by atoms with E-state index < -0.39 is 0 Å². The van der Waals surface area contributed by atoms with Crippen molar-refractivity contribution in [3.8, 4) is 0 Å². The molecule has 39 heavy (non-hydrogen) atoms. The number of nitrogens with zero attached hydrogens (tertiary/aromatic N) is 4. The number of fused-ring (bicyclic) bond motifs is 3. The van der Waals surface area contributed by atoms with Gasteiger partial charge in [-0.25, -0.2) is 0 Å². The lowest BCUT2D eigenvalue weighted by Gasteiger charge is -2.23. The highest BCUT2D eigenvalue weighted by atomic mass is 16.5. The van der Waals surface area contributed by atoms with Crippen LogP contribution in [-0.2, 0) is 29.5 Å². The summed E-state index contributed by atoms with van der Waals surface area (Å²) in [6, 6.07) is 17.0. The third-order valence-corrected chi connectivity index (χ3v) is 7.91. The standard InChI is InChI=1S/C33H40N4O2/c1-7-36(5)14-15-37(6)26-12-13-28-24(17-26)18-31-29(28)21-30(34-31)23-10-8-22(9-11-23)16-27(38)19-25-20-32(39-35-25)33(2,3)4/h8-13,17,20-21,29H,7,14-16,18-19H2,1-6H3. The van der Waals surface area contributed by atoms with Crippen LogP contribution >= 0.6 is 0 Å². The van der Waals surface area contributed by atoms with E-state index in [0.717, 1.165) is 48.6 Å². The lowest BCUT2D eigenvalue weighted by atomic mass is 9.93. The first kappa shape index (κ1) is 27.1. The zero-order valence-electron chi connectivity index (χ0n) is 24.1. The van der Waals surface area contributed by atoms with Gasteiger partial charge < -0.3 is 14.3 Å². The minimum atomic E-state index is -0.117. The van der Waals surface area contributed by atoms with E-state index in [4.69, 9.17) is 9.52 Å². The number of aromatic nitrogens is 1. The Morgan fingerprint density at radius 3 is 2.49 bits per heavy atom. The number of carbonyl (C=O) groups is 1. The van der Waals surface area contributed by atoms with Gasteiger partial charge >= 0.3 is 0 Å². The first-order chi connectivity index (χ1) is 18.6. The molecule has 0 fully saturated rings. The Morgan fingerprint density at radius 1 is 1.03 bits per heavy atom. The van der Waals surface area contributed by atoms with Gasteiger partial charge in [0, 0.05) is 61.8 Å². The molecule has 0 spiro atoms. The molecule has 6 heteroatoms. The number of hydrogen-bond acceptors (Lipinski definition) is 6. The highest BCUT2D eigenvalue weighted by Crippen LogP contribution is 2.41. The normalized spacial score (nSPS) is 16.2. The topological polar surface area (TPSA) is 61.9 Å². The van der Waals surface area contributed by atoms with E-state index in [1.54, 1.807) is 0 Å². The molecular formula is C33H40N4O2. The Labute approximate surface area is 232 Å². The molecule has 6 nitrogen and oxygen atoms in total. The summed E-state index contributed by atoms with van der Waals surface area (Å²) < 4.78 is 5.42. The molecule has 0 saturated heterocycles. The van der Waals surface area contributed by atoms with Crippen LogP contribution in [0.2, 0.25) is 0 Å². The van der Waals surface area contributed by atoms with E-state index in [1.807, 2.05) is 18.2 Å². The summed E-state index contributed by atoms with van der Waals surface area (Å²) in [7, 11) is 4.33. The Balaban J connectivity index is 1.20. The zero-order chi connectivity index (χ0) is 27.7. The largest absolute Gasteiger partial charge is 0.373 e. The fourth-order valence-electron chi connectivity index (χ4n) is 5.22. The molecule has 0 saturated carbocycles. The van der Waals surface area contributed by atoms with Gasteiger partial charge in [-0.1, -0.05) is 63.2 Å². The molecular weight excluding hydrogens is 484 g/mol. The van der Waals surface area contributed by atoms with Crippen LogP contribution < -0.4 is 4.90 Å². The maximum absolute atomic E-state index is 12.7. The number of ketones is 1. The van der Waals surface area contributed by atoms with Crippen molar-refractivity contribution >= 4 is 22.9 Å². The van der Waals surface area contributed by atoms with Crippen LogP contribution in [0, 0.1) is 0 Å². The lowest BCUT2D eigenvalue weighted by Crippen LogP contribution is -2.30. The quantitative estimate of drug-likeness (QED) is 0.333. The highest BCUT2D eigenvalue weighted by molar-refractivity contribution is 6.06. The van der Waals surface area contributed by atoms with Crippen molar-refractivity contribution in [2.24, 2.45) is 4.99 Å². The minimum Gasteiger partial charge on any atom is -0.373 e. The maximum atomic E-state index is 12.7. The Hall–Kier alpha value is -3.51. The average molecular weight is 525 g/mol. The second-order valence-corrected chi connectivity index (χ2v) is 12.0. The second kappa shape index (κ2) is 10.9. The van der Waals surface area contributed by atoms with Crippen molar-refractivity contribution in [2.75, 3.05) is 38.6 Å². The van der Waals surface area contributed by atoms with Crippen LogP contribution in [0.1, 0.15) is 67.3 Å². The molecule has 1 aliphatic carbocycles. The van der Waals surface area contributed by atoms with Crippen molar-refractivity contribution < 1.29 is 9.32 Å². The predicted molar refractivity (Wildman–Crippen MR) is 159 cm³/mol. The fraction of sp³-hybridized carbons (Fsp3) is 0.424. The number of aliphatic imine (C=N–C) groups is 1. The Morgan fingerprint density at radius 2 is 1.79 bits per heavy atom. The number of hydrogen-bond donors (Lipinski definition) is 0. The van der Waals surface area contributed by atoms with Crippen molar-refractivity contribution in [3.63, 3.8) is 0 Å². The lowest BCUT2D eigenvalue weighted by molar-refractivity contribution is -0.117. The molecule has 2 heterocycles. The van der Waals surface area contributed by atoms with Crippen molar-refractivity contribution in [1.82, 2.24) is 10.1 Å². The van der Waals surface area contributed by atoms with Crippen molar-refractivity contribution in [3.05, 3.63) is 88.3 Å². The van der Waals surface area contributed by atoms with Gasteiger partial charge in [0.2, 0.25) is 0 Å². The van der Waals surface area contributed by atoms with Gasteiger partial charge in [0.15, 0.2) is 0 Å². The van der Waals surface area contributed by atoms with Gasteiger partial charge in [-0.2, -0.15) is 0 Å². The smallest absolute Gasteiger partial charge is 0.143 e. The van der Waals surface area contributed by atoms with Crippen LogP contribution in [0.4, 0.5) is 5.69 Å². The third kappa shape index (κ3) is 6.06. The van der Waals surface area contributed by atoms with Crippen LogP contribution in [0.5, 0.6) is 0 Å². The van der Waals surface area contributed by atoms with Gasteiger partial charge in [-0.05, 0) is 54.1 Å². The number of carbonyl (C=O) groups excluding carboxylic acids is 1. The molecule has 1 aliphatic heterocycles. The molecule has 1 aromatic heterocycles. The summed E-state index contributed by atoms with van der Waals surface area (Å²) in [4.78, 5) is 22.4. The molecule has 0 amide bonds. The molecule has 3 aromatic rings. The number of likely N-dealkylation sites (N-methyl/N-ethyl adjacent to an activating group) is 2. The monoisotopic (exact) mass is 524 g/mol. The van der Waals surface area contributed by atoms with Gasteiger partial charge in [-0.3, -0.25) is 9.79 Å². The highest BCUT2D eigenvalue weighted by Gasteiger charge is 2.32. The van der Waals surface area contributed by atoms with E-state index >= 15 is 0 Å². The second-order valence-electron chi connectivity index (χ2n) is 12.0. The molecule has 1 unspecified atom stereocenters. The molecule has 0 N–H and O–H groups in total. The average Bonchev–Trinajstić information content (AvgIpc) is 3.62. The van der Waals surface area contributed by atoms with E-state index in [1.165, 1.54) is 22.5 Å². The summed E-state index contributed by atoms with van der Waals surface area (Å²) in [6.07, 6.45) is 3.86. The number of allylic oxidation sites excluding steroid dienone is 1. The Kier molecular flexibility index (Phi) is 7.59. The van der Waals surface area contributed by atoms with Gasteiger partial charge in [0.05, 0.1) is 17.8 Å². The van der Waals surface area contributed by atoms with Crippen LogP contribution in [0.3, 0.4) is 0 Å². The zero-order valence-corrected chi connectivity index (χ0v) is 24.1. The van der Waals surface area contributed by atoms with E-state index in [-0.39, 0.29) is 23.5 Å². The summed E-state index contributed by atoms with van der Waals surface area (Å²) in [6.45, 7) is 11.5. The molecule has 2 aromatic carbocycles. The number of rotatable bonds is 10. The summed E-state index contributed by atoms with van der Waals surface area (Å²) in [5.41, 5.74) is 8.96. The fourth-order valence-corrected chi connectivity index (χ4v) is 5.22. The van der Waals surface area contributed by atoms with Gasteiger partial charge in [-0.15, -0.1) is 0 Å². The number of Topliss-reactive ketones (excluding diaryl/α,β-unsaturated/α-hetero) is 1. The first-order valence-corrected chi connectivity index (χ1v) is 14.0. The van der Waals surface area contributed by atoms with Gasteiger partial charge in [0.25, 0.3) is 0 Å². The summed E-state index contributed by atoms with van der Waals surface area (Å²) in [5.74, 6) is 1.20. The molecule has 0 radical (unpaired) electrons. The summed E-state index contributed by atoms with van der Waals surface area (Å²) >= 11 is 0. The van der Waals surface area contributed by atoms with Crippen LogP contribution in [0.25, 0.3) is 5.70 Å². The van der Waals surface area contributed by atoms with Crippen LogP contribution in [0.15, 0.2) is 64.1 Å². The van der Waals surface area contributed by atoms with E-state index in [0.29, 0.717) is 12.1 Å². The summed E-state index contributed by atoms with van der Waals surface area (Å²) in [5, 5.41) is 4.08. The molecule has 204 valence electrons.